The number of esters is 1. The summed E-state index contributed by atoms with van der Waals surface area (Å²) in [5.74, 6) is 0.834. The van der Waals surface area contributed by atoms with E-state index in [0.717, 1.165) is 29.9 Å². The lowest BCUT2D eigenvalue weighted by Crippen LogP contribution is -2.10. The lowest BCUT2D eigenvalue weighted by molar-refractivity contribution is -0.140. The smallest absolute Gasteiger partial charge is 0.316 e. The van der Waals surface area contributed by atoms with Crippen LogP contribution in [0.1, 0.15) is 42.3 Å². The first-order valence-electron chi connectivity index (χ1n) is 11.3. The van der Waals surface area contributed by atoms with Crippen LogP contribution in [0.25, 0.3) is 16.5 Å². The minimum absolute atomic E-state index is 0.209. The van der Waals surface area contributed by atoms with Crippen LogP contribution < -0.4 is 0 Å². The quantitative estimate of drug-likeness (QED) is 0.173. The van der Waals surface area contributed by atoms with Gasteiger partial charge in [0.1, 0.15) is 5.82 Å². The van der Waals surface area contributed by atoms with Crippen LogP contribution in [0.3, 0.4) is 0 Å². The van der Waals surface area contributed by atoms with Crippen molar-refractivity contribution in [2.75, 3.05) is 12.4 Å². The van der Waals surface area contributed by atoms with Crippen molar-refractivity contribution in [2.24, 2.45) is 0 Å². The number of carbonyl (C=O) groups is 1. The van der Waals surface area contributed by atoms with Crippen LogP contribution in [-0.2, 0) is 16.0 Å². The van der Waals surface area contributed by atoms with Crippen LogP contribution in [0.15, 0.2) is 65.8 Å². The summed E-state index contributed by atoms with van der Waals surface area (Å²) in [7, 11) is 0. The van der Waals surface area contributed by atoms with Gasteiger partial charge < -0.3 is 4.74 Å². The standard InChI is InChI=1S/C27H29N3O2S/c1-4-5-15-32-26(31)18-33-27-29-28-25(30(27)24-14-13-19(2)16-20(24)3)17-22-11-8-10-21-9-6-7-12-23(21)22/h6-14,16H,4-5,15,17-18H2,1-3H3. The Morgan fingerprint density at radius 2 is 1.85 bits per heavy atom. The van der Waals surface area contributed by atoms with Gasteiger partial charge in [-0.1, -0.05) is 85.3 Å². The van der Waals surface area contributed by atoms with Gasteiger partial charge in [0, 0.05) is 6.42 Å². The van der Waals surface area contributed by atoms with Gasteiger partial charge in [0.2, 0.25) is 0 Å². The minimum Gasteiger partial charge on any atom is -0.465 e. The summed E-state index contributed by atoms with van der Waals surface area (Å²) in [5.41, 5.74) is 4.57. The molecule has 0 unspecified atom stereocenters. The van der Waals surface area contributed by atoms with E-state index in [1.165, 1.54) is 33.7 Å². The molecule has 0 atom stereocenters. The van der Waals surface area contributed by atoms with Crippen molar-refractivity contribution < 1.29 is 9.53 Å². The molecule has 170 valence electrons. The van der Waals surface area contributed by atoms with E-state index in [0.29, 0.717) is 18.2 Å². The molecular weight excluding hydrogens is 430 g/mol. The summed E-state index contributed by atoms with van der Waals surface area (Å²) < 4.78 is 7.41. The molecular formula is C27H29N3O2S. The molecule has 0 fully saturated rings. The topological polar surface area (TPSA) is 57.0 Å². The average Bonchev–Trinajstić information content (AvgIpc) is 3.20. The van der Waals surface area contributed by atoms with E-state index in [1.807, 2.05) is 0 Å². The SMILES string of the molecule is CCCCOC(=O)CSc1nnc(Cc2cccc3ccccc23)n1-c1ccc(C)cc1C. The number of hydrogen-bond donors (Lipinski definition) is 0. The molecule has 0 bridgehead atoms. The van der Waals surface area contributed by atoms with Crippen LogP contribution in [0, 0.1) is 13.8 Å². The van der Waals surface area contributed by atoms with Crippen LogP contribution in [-0.4, -0.2) is 33.1 Å². The Kier molecular flexibility index (Phi) is 7.45. The monoisotopic (exact) mass is 459 g/mol. The first-order chi connectivity index (χ1) is 16.1. The fraction of sp³-hybridized carbons (Fsp3) is 0.296. The van der Waals surface area contributed by atoms with Gasteiger partial charge in [0.05, 0.1) is 18.0 Å². The predicted octanol–water partition coefficient (Wildman–Crippen LogP) is 6.06. The van der Waals surface area contributed by atoms with Gasteiger partial charge >= 0.3 is 5.97 Å². The largest absolute Gasteiger partial charge is 0.465 e. The van der Waals surface area contributed by atoms with E-state index >= 15 is 0 Å². The number of hydrogen-bond acceptors (Lipinski definition) is 5. The summed E-state index contributed by atoms with van der Waals surface area (Å²) >= 11 is 1.37. The molecule has 0 saturated heterocycles. The maximum absolute atomic E-state index is 12.2. The van der Waals surface area contributed by atoms with Crippen molar-refractivity contribution in [1.82, 2.24) is 14.8 Å². The first-order valence-corrected chi connectivity index (χ1v) is 12.3. The van der Waals surface area contributed by atoms with Crippen molar-refractivity contribution in [2.45, 2.75) is 45.2 Å². The zero-order valence-corrected chi connectivity index (χ0v) is 20.2. The number of nitrogens with zero attached hydrogens (tertiary/aromatic N) is 3. The molecule has 4 aromatic rings. The number of thioether (sulfide) groups is 1. The summed E-state index contributed by atoms with van der Waals surface area (Å²) in [6.45, 7) is 6.72. The molecule has 5 nitrogen and oxygen atoms in total. The molecule has 1 heterocycles. The third-order valence-corrected chi connectivity index (χ3v) is 6.50. The van der Waals surface area contributed by atoms with Crippen molar-refractivity contribution in [1.29, 1.82) is 0 Å². The average molecular weight is 460 g/mol. The van der Waals surface area contributed by atoms with E-state index in [9.17, 15) is 4.79 Å². The molecule has 6 heteroatoms. The second-order valence-electron chi connectivity index (χ2n) is 8.20. The van der Waals surface area contributed by atoms with Crippen molar-refractivity contribution in [3.8, 4) is 5.69 Å². The number of fused-ring (bicyclic) bond motifs is 1. The summed E-state index contributed by atoms with van der Waals surface area (Å²) in [5, 5.41) is 12.1. The van der Waals surface area contributed by atoms with Crippen molar-refractivity contribution in [3.63, 3.8) is 0 Å². The lowest BCUT2D eigenvalue weighted by Gasteiger charge is -2.14. The molecule has 0 N–H and O–H groups in total. The molecule has 4 rings (SSSR count). The van der Waals surface area contributed by atoms with Crippen molar-refractivity contribution in [3.05, 3.63) is 83.2 Å². The third kappa shape index (κ3) is 5.45. The fourth-order valence-corrected chi connectivity index (χ4v) is 4.68. The van der Waals surface area contributed by atoms with E-state index in [4.69, 9.17) is 4.74 Å². The minimum atomic E-state index is -0.223. The fourth-order valence-electron chi connectivity index (χ4n) is 3.92. The van der Waals surface area contributed by atoms with Gasteiger partial charge in [-0.2, -0.15) is 0 Å². The Balaban J connectivity index is 1.67. The Morgan fingerprint density at radius 3 is 2.67 bits per heavy atom. The maximum atomic E-state index is 12.2. The van der Waals surface area contributed by atoms with Gasteiger partial charge in [0.15, 0.2) is 5.16 Å². The molecule has 1 aromatic heterocycles. The predicted molar refractivity (Wildman–Crippen MR) is 134 cm³/mol. The van der Waals surface area contributed by atoms with Gasteiger partial charge in [0.25, 0.3) is 0 Å². The highest BCUT2D eigenvalue weighted by atomic mass is 32.2. The molecule has 3 aromatic carbocycles. The molecule has 0 amide bonds. The Bertz CT molecular complexity index is 1260. The lowest BCUT2D eigenvalue weighted by atomic mass is 10.0. The number of unbranched alkanes of at least 4 members (excludes halogenated alkanes) is 1. The zero-order chi connectivity index (χ0) is 23.2. The normalized spacial score (nSPS) is 11.1. The number of benzene rings is 3. The van der Waals surface area contributed by atoms with Gasteiger partial charge in [-0.3, -0.25) is 9.36 Å². The van der Waals surface area contributed by atoms with E-state index in [2.05, 4.69) is 96.2 Å². The van der Waals surface area contributed by atoms with Crippen LogP contribution >= 0.6 is 11.8 Å². The van der Waals surface area contributed by atoms with Crippen LogP contribution in [0.5, 0.6) is 0 Å². The second kappa shape index (κ2) is 10.7. The highest BCUT2D eigenvalue weighted by Gasteiger charge is 2.18. The van der Waals surface area contributed by atoms with Crippen molar-refractivity contribution >= 4 is 28.5 Å². The highest BCUT2D eigenvalue weighted by Crippen LogP contribution is 2.28. The Morgan fingerprint density at radius 1 is 1.03 bits per heavy atom. The molecule has 0 radical (unpaired) electrons. The van der Waals surface area contributed by atoms with Gasteiger partial charge in [-0.25, -0.2) is 0 Å². The zero-order valence-electron chi connectivity index (χ0n) is 19.4. The van der Waals surface area contributed by atoms with Crippen LogP contribution in [0.4, 0.5) is 0 Å². The van der Waals surface area contributed by atoms with Crippen LogP contribution in [0.2, 0.25) is 0 Å². The molecule has 0 aliphatic rings. The Hall–Kier alpha value is -3.12. The molecule has 0 aliphatic heterocycles. The number of aryl methyl sites for hydroxylation is 2. The number of aromatic nitrogens is 3. The first kappa shape index (κ1) is 23.1. The molecule has 33 heavy (non-hydrogen) atoms. The van der Waals surface area contributed by atoms with E-state index in [1.54, 1.807) is 0 Å². The molecule has 0 aliphatic carbocycles. The Labute approximate surface area is 199 Å². The second-order valence-corrected chi connectivity index (χ2v) is 9.14. The number of rotatable bonds is 9. The maximum Gasteiger partial charge on any atom is 0.316 e. The van der Waals surface area contributed by atoms with Gasteiger partial charge in [-0.15, -0.1) is 10.2 Å². The molecule has 0 saturated carbocycles. The molecule has 0 spiro atoms. The third-order valence-electron chi connectivity index (χ3n) is 5.60. The summed E-state index contributed by atoms with van der Waals surface area (Å²) in [6, 6.07) is 21.1. The summed E-state index contributed by atoms with van der Waals surface area (Å²) in [6.07, 6.45) is 2.52. The number of carbonyl (C=O) groups excluding carboxylic acids is 1. The van der Waals surface area contributed by atoms with E-state index in [-0.39, 0.29) is 11.7 Å². The number of ether oxygens (including phenoxy) is 1. The summed E-state index contributed by atoms with van der Waals surface area (Å²) in [4.78, 5) is 12.2. The van der Waals surface area contributed by atoms with E-state index < -0.39 is 0 Å². The van der Waals surface area contributed by atoms with Gasteiger partial charge in [-0.05, 0) is 48.2 Å². The highest BCUT2D eigenvalue weighted by molar-refractivity contribution is 7.99.